The second-order valence-corrected chi connectivity index (χ2v) is 3.51. The molecule has 1 heterocycles. The van der Waals surface area contributed by atoms with Crippen molar-refractivity contribution in [2.45, 2.75) is 19.8 Å². The molecule has 0 bridgehead atoms. The molecule has 1 saturated carbocycles. The van der Waals surface area contributed by atoms with Crippen molar-refractivity contribution in [2.24, 2.45) is 11.3 Å². The summed E-state index contributed by atoms with van der Waals surface area (Å²) in [7, 11) is 0. The van der Waals surface area contributed by atoms with E-state index in [1.807, 2.05) is 0 Å². The third-order valence-electron chi connectivity index (χ3n) is 2.81. The van der Waals surface area contributed by atoms with E-state index in [4.69, 9.17) is 0 Å². The molecule has 0 spiro atoms. The molecule has 0 amide bonds. The maximum atomic E-state index is 3.31. The third kappa shape index (κ3) is 1.08. The molecule has 9 heavy (non-hydrogen) atoms. The highest BCUT2D eigenvalue weighted by molar-refractivity contribution is 5.85. The fourth-order valence-corrected chi connectivity index (χ4v) is 1.39. The third-order valence-corrected chi connectivity index (χ3v) is 2.81. The standard InChI is InChI=1S/C7H13N.ClH/c1-7(2-3-7)6-4-8-5-6;/h6,8H,2-5H2,1H3;1H. The Labute approximate surface area is 62.6 Å². The molecule has 0 aromatic heterocycles. The van der Waals surface area contributed by atoms with Gasteiger partial charge in [-0.15, -0.1) is 12.4 Å². The van der Waals surface area contributed by atoms with E-state index in [0.717, 1.165) is 11.3 Å². The van der Waals surface area contributed by atoms with Crippen LogP contribution >= 0.6 is 12.4 Å². The largest absolute Gasteiger partial charge is 0.316 e. The van der Waals surface area contributed by atoms with Crippen molar-refractivity contribution >= 4 is 12.4 Å². The molecule has 1 aliphatic heterocycles. The number of halogens is 1. The monoisotopic (exact) mass is 147 g/mol. The normalized spacial score (nSPS) is 30.3. The van der Waals surface area contributed by atoms with Crippen LogP contribution in [-0.2, 0) is 0 Å². The molecule has 1 nitrogen and oxygen atoms in total. The van der Waals surface area contributed by atoms with E-state index in [1.165, 1.54) is 25.9 Å². The zero-order chi connectivity index (χ0) is 5.61. The Bertz CT molecular complexity index is 105. The van der Waals surface area contributed by atoms with Crippen molar-refractivity contribution < 1.29 is 0 Å². The molecule has 0 aromatic carbocycles. The summed E-state index contributed by atoms with van der Waals surface area (Å²) in [5.41, 5.74) is 0.783. The lowest BCUT2D eigenvalue weighted by Gasteiger charge is -2.32. The van der Waals surface area contributed by atoms with E-state index >= 15 is 0 Å². The van der Waals surface area contributed by atoms with Gasteiger partial charge in [-0.2, -0.15) is 0 Å². The minimum absolute atomic E-state index is 0. The fraction of sp³-hybridized carbons (Fsp3) is 1.00. The number of rotatable bonds is 1. The minimum atomic E-state index is 0. The molecule has 54 valence electrons. The lowest BCUT2D eigenvalue weighted by atomic mass is 9.86. The number of nitrogens with one attached hydrogen (secondary N) is 1. The summed E-state index contributed by atoms with van der Waals surface area (Å²) >= 11 is 0. The Hall–Kier alpha value is 0.250. The number of hydrogen-bond donors (Lipinski definition) is 1. The van der Waals surface area contributed by atoms with Gasteiger partial charge in [-0.05, 0) is 37.3 Å². The SMILES string of the molecule is CC1(C2CNC2)CC1.Cl. The molecule has 0 aromatic rings. The molecule has 1 saturated heterocycles. The molecule has 0 radical (unpaired) electrons. The summed E-state index contributed by atoms with van der Waals surface area (Å²) in [5.74, 6) is 1.03. The van der Waals surface area contributed by atoms with Crippen LogP contribution in [0.15, 0.2) is 0 Å². The van der Waals surface area contributed by atoms with Crippen LogP contribution in [0.5, 0.6) is 0 Å². The first-order valence-electron chi connectivity index (χ1n) is 3.52. The highest BCUT2D eigenvalue weighted by atomic mass is 35.5. The number of hydrogen-bond acceptors (Lipinski definition) is 1. The van der Waals surface area contributed by atoms with Crippen molar-refractivity contribution in [2.75, 3.05) is 13.1 Å². The van der Waals surface area contributed by atoms with E-state index in [9.17, 15) is 0 Å². The van der Waals surface area contributed by atoms with E-state index < -0.39 is 0 Å². The molecule has 2 fully saturated rings. The highest BCUT2D eigenvalue weighted by Crippen LogP contribution is 2.52. The summed E-state index contributed by atoms with van der Waals surface area (Å²) in [4.78, 5) is 0. The van der Waals surface area contributed by atoms with Gasteiger partial charge in [0.25, 0.3) is 0 Å². The van der Waals surface area contributed by atoms with Gasteiger partial charge in [0, 0.05) is 0 Å². The van der Waals surface area contributed by atoms with E-state index in [0.29, 0.717) is 0 Å². The summed E-state index contributed by atoms with van der Waals surface area (Å²) < 4.78 is 0. The van der Waals surface area contributed by atoms with Gasteiger partial charge >= 0.3 is 0 Å². The lowest BCUT2D eigenvalue weighted by molar-refractivity contribution is 0.230. The molecular weight excluding hydrogens is 134 g/mol. The molecule has 2 aliphatic rings. The van der Waals surface area contributed by atoms with E-state index in [2.05, 4.69) is 12.2 Å². The summed E-state index contributed by atoms with van der Waals surface area (Å²) in [6.45, 7) is 4.99. The molecule has 2 heteroatoms. The van der Waals surface area contributed by atoms with Crippen LogP contribution < -0.4 is 5.32 Å². The molecule has 2 rings (SSSR count). The van der Waals surface area contributed by atoms with E-state index in [1.54, 1.807) is 0 Å². The quantitative estimate of drug-likeness (QED) is 0.592. The van der Waals surface area contributed by atoms with Crippen LogP contribution in [0.4, 0.5) is 0 Å². The Morgan fingerprint density at radius 1 is 1.33 bits per heavy atom. The van der Waals surface area contributed by atoms with Crippen LogP contribution in [0.3, 0.4) is 0 Å². The molecule has 1 N–H and O–H groups in total. The maximum Gasteiger partial charge on any atom is -0.000302 e. The van der Waals surface area contributed by atoms with Crippen LogP contribution in [0.1, 0.15) is 19.8 Å². The van der Waals surface area contributed by atoms with Crippen LogP contribution in [0.2, 0.25) is 0 Å². The van der Waals surface area contributed by atoms with Crippen LogP contribution in [-0.4, -0.2) is 13.1 Å². The molecule has 0 unspecified atom stereocenters. The van der Waals surface area contributed by atoms with Crippen molar-refractivity contribution in [1.82, 2.24) is 5.32 Å². The maximum absolute atomic E-state index is 3.31. The lowest BCUT2D eigenvalue weighted by Crippen LogP contribution is -2.46. The fourth-order valence-electron chi connectivity index (χ4n) is 1.39. The Balaban J connectivity index is 0.000000405. The van der Waals surface area contributed by atoms with Crippen molar-refractivity contribution in [1.29, 1.82) is 0 Å². The molecule has 0 atom stereocenters. The average Bonchev–Trinajstić information content (AvgIpc) is 2.12. The first kappa shape index (κ1) is 7.36. The zero-order valence-corrected chi connectivity index (χ0v) is 6.63. The van der Waals surface area contributed by atoms with Crippen LogP contribution in [0.25, 0.3) is 0 Å². The second kappa shape index (κ2) is 2.14. The first-order valence-corrected chi connectivity index (χ1v) is 3.52. The van der Waals surface area contributed by atoms with Gasteiger partial charge < -0.3 is 5.32 Å². The minimum Gasteiger partial charge on any atom is -0.316 e. The Morgan fingerprint density at radius 3 is 2.00 bits per heavy atom. The van der Waals surface area contributed by atoms with Gasteiger partial charge in [0.1, 0.15) is 0 Å². The summed E-state index contributed by atoms with van der Waals surface area (Å²) in [5, 5.41) is 3.31. The topological polar surface area (TPSA) is 12.0 Å². The Morgan fingerprint density at radius 2 is 1.89 bits per heavy atom. The van der Waals surface area contributed by atoms with Gasteiger partial charge in [-0.25, -0.2) is 0 Å². The van der Waals surface area contributed by atoms with Crippen molar-refractivity contribution in [3.05, 3.63) is 0 Å². The zero-order valence-electron chi connectivity index (χ0n) is 5.81. The Kier molecular flexibility index (Phi) is 1.75. The van der Waals surface area contributed by atoms with Gasteiger partial charge in [-0.3, -0.25) is 0 Å². The van der Waals surface area contributed by atoms with E-state index in [-0.39, 0.29) is 12.4 Å². The van der Waals surface area contributed by atoms with Gasteiger partial charge in [0.2, 0.25) is 0 Å². The highest BCUT2D eigenvalue weighted by Gasteiger charge is 2.46. The van der Waals surface area contributed by atoms with Gasteiger partial charge in [0.05, 0.1) is 0 Å². The van der Waals surface area contributed by atoms with Crippen LogP contribution in [0, 0.1) is 11.3 Å². The van der Waals surface area contributed by atoms with Crippen molar-refractivity contribution in [3.8, 4) is 0 Å². The van der Waals surface area contributed by atoms with Crippen molar-refractivity contribution in [3.63, 3.8) is 0 Å². The predicted molar refractivity (Wildman–Crippen MR) is 40.9 cm³/mol. The molecule has 1 aliphatic carbocycles. The summed E-state index contributed by atoms with van der Waals surface area (Å²) in [6, 6.07) is 0. The van der Waals surface area contributed by atoms with Gasteiger partial charge in [0.15, 0.2) is 0 Å². The second-order valence-electron chi connectivity index (χ2n) is 3.51. The molecular formula is C7H14ClN. The average molecular weight is 148 g/mol. The van der Waals surface area contributed by atoms with Gasteiger partial charge in [-0.1, -0.05) is 6.92 Å². The predicted octanol–water partition coefficient (Wildman–Crippen LogP) is 1.43. The first-order chi connectivity index (χ1) is 3.81. The summed E-state index contributed by atoms with van der Waals surface area (Å²) in [6.07, 6.45) is 2.97. The smallest absolute Gasteiger partial charge is 0.000302 e.